The van der Waals surface area contributed by atoms with Crippen molar-refractivity contribution < 1.29 is 9.90 Å². The predicted molar refractivity (Wildman–Crippen MR) is 102 cm³/mol. The third-order valence-corrected chi connectivity index (χ3v) is 4.99. The molecule has 1 atom stereocenters. The molecular weight excluding hydrogens is 314 g/mol. The van der Waals surface area contributed by atoms with Gasteiger partial charge in [0.05, 0.1) is 0 Å². The first-order valence-corrected chi connectivity index (χ1v) is 9.57. The first-order chi connectivity index (χ1) is 12.0. The van der Waals surface area contributed by atoms with Gasteiger partial charge < -0.3 is 20.6 Å². The van der Waals surface area contributed by atoms with Crippen molar-refractivity contribution >= 4 is 6.03 Å². The number of likely N-dealkylation sites (tertiary alicyclic amines) is 1. The van der Waals surface area contributed by atoms with Crippen LogP contribution in [0.4, 0.5) is 4.79 Å². The van der Waals surface area contributed by atoms with Gasteiger partial charge in [-0.15, -0.1) is 0 Å². The fourth-order valence-corrected chi connectivity index (χ4v) is 3.18. The Morgan fingerprint density at radius 1 is 1.28 bits per heavy atom. The van der Waals surface area contributed by atoms with Crippen molar-refractivity contribution in [2.24, 2.45) is 5.92 Å². The second-order valence-corrected chi connectivity index (χ2v) is 7.38. The number of phenols is 1. The molecule has 140 valence electrons. The zero-order valence-electron chi connectivity index (χ0n) is 15.6. The van der Waals surface area contributed by atoms with Crippen LogP contribution >= 0.6 is 0 Å². The summed E-state index contributed by atoms with van der Waals surface area (Å²) in [6.07, 6.45) is 5.36. The highest BCUT2D eigenvalue weighted by atomic mass is 16.3. The van der Waals surface area contributed by atoms with Gasteiger partial charge in [-0.3, -0.25) is 0 Å². The van der Waals surface area contributed by atoms with Crippen LogP contribution in [0.1, 0.15) is 45.1 Å². The van der Waals surface area contributed by atoms with Crippen LogP contribution in [-0.4, -0.2) is 48.3 Å². The molecule has 0 spiro atoms. The van der Waals surface area contributed by atoms with Crippen LogP contribution in [-0.2, 0) is 6.42 Å². The maximum atomic E-state index is 11.9. The van der Waals surface area contributed by atoms with Crippen molar-refractivity contribution in [3.63, 3.8) is 0 Å². The first-order valence-electron chi connectivity index (χ1n) is 9.57. The van der Waals surface area contributed by atoms with Crippen molar-refractivity contribution in [2.45, 2.75) is 52.0 Å². The highest BCUT2D eigenvalue weighted by Crippen LogP contribution is 2.15. The highest BCUT2D eigenvalue weighted by Gasteiger charge is 2.15. The number of carbonyl (C=O) groups excluding carboxylic acids is 1. The van der Waals surface area contributed by atoms with Crippen LogP contribution in [0.2, 0.25) is 0 Å². The monoisotopic (exact) mass is 347 g/mol. The molecule has 2 amide bonds. The molecule has 1 saturated heterocycles. The fourth-order valence-electron chi connectivity index (χ4n) is 3.18. The van der Waals surface area contributed by atoms with E-state index in [1.165, 1.54) is 31.5 Å². The van der Waals surface area contributed by atoms with Crippen molar-refractivity contribution in [1.82, 2.24) is 15.5 Å². The van der Waals surface area contributed by atoms with Gasteiger partial charge in [-0.25, -0.2) is 4.79 Å². The summed E-state index contributed by atoms with van der Waals surface area (Å²) in [7, 11) is 0. The van der Waals surface area contributed by atoms with Crippen molar-refractivity contribution in [3.8, 4) is 5.75 Å². The number of rotatable bonds is 8. The minimum atomic E-state index is -0.0783. The maximum absolute atomic E-state index is 11.9. The Hall–Kier alpha value is -1.75. The van der Waals surface area contributed by atoms with Gasteiger partial charge in [0.1, 0.15) is 5.75 Å². The average Bonchev–Trinajstić information content (AvgIpc) is 2.60. The molecule has 5 nitrogen and oxygen atoms in total. The Bertz CT molecular complexity index is 510. The van der Waals surface area contributed by atoms with Crippen LogP contribution in [0.5, 0.6) is 5.75 Å². The maximum Gasteiger partial charge on any atom is 0.314 e. The van der Waals surface area contributed by atoms with Gasteiger partial charge in [-0.1, -0.05) is 19.1 Å². The number of carbonyl (C=O) groups is 1. The van der Waals surface area contributed by atoms with Gasteiger partial charge in [-0.05, 0) is 82.3 Å². The number of benzene rings is 1. The zero-order valence-corrected chi connectivity index (χ0v) is 15.6. The van der Waals surface area contributed by atoms with E-state index in [-0.39, 0.29) is 17.8 Å². The lowest BCUT2D eigenvalue weighted by molar-refractivity contribution is 0.190. The molecule has 1 aliphatic heterocycles. The van der Waals surface area contributed by atoms with Crippen molar-refractivity contribution in [2.75, 3.05) is 26.2 Å². The summed E-state index contributed by atoms with van der Waals surface area (Å²) in [5.41, 5.74) is 1.17. The second-order valence-electron chi connectivity index (χ2n) is 7.38. The summed E-state index contributed by atoms with van der Waals surface area (Å²) >= 11 is 0. The van der Waals surface area contributed by atoms with Crippen LogP contribution < -0.4 is 10.6 Å². The summed E-state index contributed by atoms with van der Waals surface area (Å²) in [6.45, 7) is 8.54. The lowest BCUT2D eigenvalue weighted by Crippen LogP contribution is -2.42. The average molecular weight is 348 g/mol. The van der Waals surface area contributed by atoms with E-state index >= 15 is 0 Å². The fraction of sp³-hybridized carbons (Fsp3) is 0.650. The predicted octanol–water partition coefficient (Wildman–Crippen LogP) is 3.13. The normalized spacial score (nSPS) is 17.2. The summed E-state index contributed by atoms with van der Waals surface area (Å²) in [4.78, 5) is 14.4. The molecule has 1 fully saturated rings. The molecule has 1 aliphatic rings. The summed E-state index contributed by atoms with van der Waals surface area (Å²) in [6, 6.07) is 7.28. The van der Waals surface area contributed by atoms with Crippen LogP contribution in [0.25, 0.3) is 0 Å². The van der Waals surface area contributed by atoms with E-state index in [2.05, 4.69) is 22.5 Å². The van der Waals surface area contributed by atoms with E-state index in [0.717, 1.165) is 38.3 Å². The Balaban J connectivity index is 1.53. The number of aryl methyl sites for hydroxylation is 1. The number of nitrogens with zero attached hydrogens (tertiary/aromatic N) is 1. The van der Waals surface area contributed by atoms with E-state index in [9.17, 15) is 9.90 Å². The minimum Gasteiger partial charge on any atom is -0.508 e. The van der Waals surface area contributed by atoms with Gasteiger partial charge in [0.2, 0.25) is 0 Å². The highest BCUT2D eigenvalue weighted by molar-refractivity contribution is 5.74. The number of hydrogen-bond donors (Lipinski definition) is 3. The molecule has 5 heteroatoms. The molecular formula is C20H33N3O2. The Labute approximate surface area is 151 Å². The number of piperidine rings is 1. The summed E-state index contributed by atoms with van der Waals surface area (Å²) < 4.78 is 0. The van der Waals surface area contributed by atoms with Gasteiger partial charge in [-0.2, -0.15) is 0 Å². The topological polar surface area (TPSA) is 64.6 Å². The quantitative estimate of drug-likeness (QED) is 0.633. The van der Waals surface area contributed by atoms with E-state index in [1.807, 2.05) is 19.1 Å². The molecule has 0 aliphatic carbocycles. The largest absolute Gasteiger partial charge is 0.508 e. The lowest BCUT2D eigenvalue weighted by atomic mass is 9.99. The van der Waals surface area contributed by atoms with Gasteiger partial charge in [0.15, 0.2) is 0 Å². The van der Waals surface area contributed by atoms with Crippen LogP contribution in [0, 0.1) is 5.92 Å². The molecule has 1 aromatic rings. The lowest BCUT2D eigenvalue weighted by Gasteiger charge is -2.30. The number of hydrogen-bond acceptors (Lipinski definition) is 3. The van der Waals surface area contributed by atoms with Crippen LogP contribution in [0.3, 0.4) is 0 Å². The SMILES string of the molecule is CC1CCN(CCCNC(=O)NC(C)CCc2ccc(O)cc2)CC1. The van der Waals surface area contributed by atoms with E-state index in [1.54, 1.807) is 12.1 Å². The molecule has 2 rings (SSSR count). The van der Waals surface area contributed by atoms with E-state index < -0.39 is 0 Å². The number of nitrogens with one attached hydrogen (secondary N) is 2. The van der Waals surface area contributed by atoms with E-state index in [4.69, 9.17) is 0 Å². The molecule has 0 bridgehead atoms. The zero-order chi connectivity index (χ0) is 18.1. The number of urea groups is 1. The summed E-state index contributed by atoms with van der Waals surface area (Å²) in [5.74, 6) is 1.15. The van der Waals surface area contributed by atoms with E-state index in [0.29, 0.717) is 0 Å². The third-order valence-electron chi connectivity index (χ3n) is 4.99. The molecule has 25 heavy (non-hydrogen) atoms. The molecule has 0 radical (unpaired) electrons. The van der Waals surface area contributed by atoms with Crippen molar-refractivity contribution in [1.29, 1.82) is 0 Å². The molecule has 1 heterocycles. The molecule has 3 N–H and O–H groups in total. The minimum absolute atomic E-state index is 0.0783. The molecule has 1 aromatic carbocycles. The number of phenolic OH excluding ortho intramolecular Hbond substituents is 1. The molecule has 1 unspecified atom stereocenters. The standard InChI is InChI=1S/C20H33N3O2/c1-16-10-14-23(15-11-16)13-3-12-21-20(25)22-17(2)4-5-18-6-8-19(24)9-7-18/h6-9,16-17,24H,3-5,10-15H2,1-2H3,(H2,21,22,25). The third kappa shape index (κ3) is 7.78. The molecule has 0 aromatic heterocycles. The Kier molecular flexibility index (Phi) is 8.06. The number of aromatic hydroxyl groups is 1. The smallest absolute Gasteiger partial charge is 0.314 e. The Morgan fingerprint density at radius 3 is 2.64 bits per heavy atom. The van der Waals surface area contributed by atoms with Gasteiger partial charge in [0.25, 0.3) is 0 Å². The van der Waals surface area contributed by atoms with Gasteiger partial charge in [0, 0.05) is 12.6 Å². The van der Waals surface area contributed by atoms with Crippen molar-refractivity contribution in [3.05, 3.63) is 29.8 Å². The van der Waals surface area contributed by atoms with Crippen LogP contribution in [0.15, 0.2) is 24.3 Å². The first kappa shape index (κ1) is 19.6. The summed E-state index contributed by atoms with van der Waals surface area (Å²) in [5, 5.41) is 15.2. The Morgan fingerprint density at radius 2 is 1.96 bits per heavy atom. The van der Waals surface area contributed by atoms with Gasteiger partial charge >= 0.3 is 6.03 Å². The molecule has 0 saturated carbocycles. The number of amides is 2. The second kappa shape index (κ2) is 10.3.